The zero-order chi connectivity index (χ0) is 26.4. The number of alkyl halides is 3. The Labute approximate surface area is 209 Å². The summed E-state index contributed by atoms with van der Waals surface area (Å²) in [4.78, 5) is 43.6. The lowest BCUT2D eigenvalue weighted by Crippen LogP contribution is -2.36. The number of nitrogens with zero attached hydrogens (tertiary/aromatic N) is 3. The zero-order valence-corrected chi connectivity index (χ0v) is 21.0. The lowest BCUT2D eigenvalue weighted by molar-refractivity contribution is -0.140. The molecule has 0 bridgehead atoms. The number of aromatic nitrogens is 3. The summed E-state index contributed by atoms with van der Waals surface area (Å²) in [6, 6.07) is 2.51. The number of thiophene rings is 1. The molecular weight excluding hydrogens is 520 g/mol. The minimum Gasteiger partial charge on any atom is -0.302 e. The summed E-state index contributed by atoms with van der Waals surface area (Å²) in [7, 11) is 2.95. The second-order valence-electron chi connectivity index (χ2n) is 8.09. The molecular formula is C23H20F4N4O3S2. The molecule has 0 fully saturated rings. The van der Waals surface area contributed by atoms with E-state index in [4.69, 9.17) is 0 Å². The minimum atomic E-state index is -4.81. The average Bonchev–Trinajstić information content (AvgIpc) is 3.41. The summed E-state index contributed by atoms with van der Waals surface area (Å²) in [5.41, 5.74) is -1.41. The lowest BCUT2D eigenvalue weighted by atomic mass is 10.1. The van der Waals surface area contributed by atoms with E-state index in [9.17, 15) is 31.9 Å². The Bertz CT molecular complexity index is 1600. The van der Waals surface area contributed by atoms with Crippen LogP contribution in [0, 0.1) is 5.82 Å². The number of fused-ring (bicyclic) bond motifs is 1. The summed E-state index contributed by atoms with van der Waals surface area (Å²) >= 11 is 2.34. The van der Waals surface area contributed by atoms with Crippen LogP contribution in [-0.4, -0.2) is 20.0 Å². The minimum absolute atomic E-state index is 0.132. The quantitative estimate of drug-likeness (QED) is 0.359. The van der Waals surface area contributed by atoms with E-state index in [0.717, 1.165) is 39.3 Å². The van der Waals surface area contributed by atoms with Gasteiger partial charge in [0.2, 0.25) is 5.91 Å². The zero-order valence-electron chi connectivity index (χ0n) is 19.3. The molecule has 3 heterocycles. The maximum absolute atomic E-state index is 13.9. The molecule has 13 heteroatoms. The lowest BCUT2D eigenvalue weighted by Gasteiger charge is -2.08. The molecule has 0 saturated carbocycles. The standard InChI is InChI=1S/C23H20F4N4O3S2/c1-4-5-16-12(18-19(33)30(2)22(34)31(3)20(18)36-16)9-17(32)29-21-28-15(10-35-21)11-6-7-13(14(24)8-11)23(25,26)27/h6-8,10H,4-5,9H2,1-3H3,(H,28,29,32). The van der Waals surface area contributed by atoms with Crippen LogP contribution in [0.4, 0.5) is 22.7 Å². The average molecular weight is 541 g/mol. The number of amides is 1. The van der Waals surface area contributed by atoms with Gasteiger partial charge in [-0.2, -0.15) is 13.2 Å². The molecule has 4 rings (SSSR count). The fraction of sp³-hybridized carbons (Fsp3) is 0.304. The number of hydrogen-bond acceptors (Lipinski definition) is 6. The second kappa shape index (κ2) is 9.62. The summed E-state index contributed by atoms with van der Waals surface area (Å²) in [5, 5.41) is 4.62. The van der Waals surface area contributed by atoms with Gasteiger partial charge in [-0.25, -0.2) is 14.2 Å². The van der Waals surface area contributed by atoms with Crippen molar-refractivity contribution in [2.45, 2.75) is 32.4 Å². The van der Waals surface area contributed by atoms with E-state index in [-0.39, 0.29) is 22.8 Å². The summed E-state index contributed by atoms with van der Waals surface area (Å²) in [6.07, 6.45) is -3.54. The number of aryl methyl sites for hydroxylation is 2. The van der Waals surface area contributed by atoms with Gasteiger partial charge in [0.15, 0.2) is 5.13 Å². The van der Waals surface area contributed by atoms with E-state index < -0.39 is 34.7 Å². The third-order valence-electron chi connectivity index (χ3n) is 5.60. The maximum atomic E-state index is 13.9. The Morgan fingerprint density at radius 3 is 2.53 bits per heavy atom. The van der Waals surface area contributed by atoms with E-state index in [1.165, 1.54) is 28.3 Å². The van der Waals surface area contributed by atoms with Crippen LogP contribution in [0.5, 0.6) is 0 Å². The van der Waals surface area contributed by atoms with Crippen molar-refractivity contribution < 1.29 is 22.4 Å². The van der Waals surface area contributed by atoms with Crippen molar-refractivity contribution in [3.63, 3.8) is 0 Å². The van der Waals surface area contributed by atoms with Crippen molar-refractivity contribution in [3.8, 4) is 11.3 Å². The van der Waals surface area contributed by atoms with E-state index in [1.54, 1.807) is 7.05 Å². The number of carbonyl (C=O) groups is 1. The first-order chi connectivity index (χ1) is 16.9. The van der Waals surface area contributed by atoms with Gasteiger partial charge in [0.1, 0.15) is 10.6 Å². The van der Waals surface area contributed by atoms with Crippen LogP contribution in [0.25, 0.3) is 21.5 Å². The third kappa shape index (κ3) is 4.72. The van der Waals surface area contributed by atoms with Gasteiger partial charge in [-0.15, -0.1) is 22.7 Å². The molecule has 190 valence electrons. The first kappa shape index (κ1) is 25.8. The van der Waals surface area contributed by atoms with E-state index in [0.29, 0.717) is 28.3 Å². The molecule has 1 amide bonds. The van der Waals surface area contributed by atoms with Crippen molar-refractivity contribution in [2.75, 3.05) is 5.32 Å². The predicted molar refractivity (Wildman–Crippen MR) is 131 cm³/mol. The van der Waals surface area contributed by atoms with Crippen LogP contribution in [0.2, 0.25) is 0 Å². The smallest absolute Gasteiger partial charge is 0.302 e. The highest BCUT2D eigenvalue weighted by molar-refractivity contribution is 7.18. The van der Waals surface area contributed by atoms with Crippen LogP contribution in [0.3, 0.4) is 0 Å². The van der Waals surface area contributed by atoms with Gasteiger partial charge in [0, 0.05) is 29.9 Å². The van der Waals surface area contributed by atoms with Crippen LogP contribution in [0.15, 0.2) is 33.2 Å². The fourth-order valence-electron chi connectivity index (χ4n) is 3.83. The highest BCUT2D eigenvalue weighted by Crippen LogP contribution is 2.34. The van der Waals surface area contributed by atoms with Gasteiger partial charge in [0.05, 0.1) is 23.1 Å². The fourth-order valence-corrected chi connectivity index (χ4v) is 5.93. The highest BCUT2D eigenvalue weighted by atomic mass is 32.1. The van der Waals surface area contributed by atoms with Crippen molar-refractivity contribution in [1.82, 2.24) is 14.1 Å². The van der Waals surface area contributed by atoms with E-state index in [1.807, 2.05) is 6.92 Å². The topological polar surface area (TPSA) is 86.0 Å². The van der Waals surface area contributed by atoms with Crippen LogP contribution in [-0.2, 0) is 37.9 Å². The Morgan fingerprint density at radius 2 is 1.89 bits per heavy atom. The summed E-state index contributed by atoms with van der Waals surface area (Å²) < 4.78 is 54.8. The SMILES string of the molecule is CCCc1sc2c(c1CC(=O)Nc1nc(-c3ccc(C(F)(F)F)c(F)c3)cs1)c(=O)n(C)c(=O)n2C. The van der Waals surface area contributed by atoms with Gasteiger partial charge in [-0.1, -0.05) is 19.4 Å². The number of rotatable bonds is 6. The third-order valence-corrected chi connectivity index (χ3v) is 7.73. The molecule has 0 radical (unpaired) electrons. The molecule has 1 N–H and O–H groups in total. The van der Waals surface area contributed by atoms with Gasteiger partial charge in [-0.3, -0.25) is 18.7 Å². The number of nitrogens with one attached hydrogen (secondary N) is 1. The number of thiazole rings is 1. The molecule has 3 aromatic heterocycles. The highest BCUT2D eigenvalue weighted by Gasteiger charge is 2.34. The van der Waals surface area contributed by atoms with E-state index in [2.05, 4.69) is 10.3 Å². The monoisotopic (exact) mass is 540 g/mol. The van der Waals surface area contributed by atoms with Gasteiger partial charge in [0.25, 0.3) is 5.56 Å². The molecule has 0 unspecified atom stereocenters. The van der Waals surface area contributed by atoms with E-state index >= 15 is 0 Å². The number of halogens is 4. The van der Waals surface area contributed by atoms with Crippen molar-refractivity contribution in [1.29, 1.82) is 0 Å². The van der Waals surface area contributed by atoms with Crippen molar-refractivity contribution in [3.05, 3.63) is 66.2 Å². The molecule has 0 atom stereocenters. The number of benzene rings is 1. The van der Waals surface area contributed by atoms with Crippen LogP contribution in [0.1, 0.15) is 29.3 Å². The predicted octanol–water partition coefficient (Wildman–Crippen LogP) is 4.71. The molecule has 0 aliphatic carbocycles. The Balaban J connectivity index is 1.61. The first-order valence-electron chi connectivity index (χ1n) is 10.7. The van der Waals surface area contributed by atoms with Crippen LogP contribution < -0.4 is 16.6 Å². The first-order valence-corrected chi connectivity index (χ1v) is 12.4. The molecule has 0 aliphatic rings. The maximum Gasteiger partial charge on any atom is 0.419 e. The Kier molecular flexibility index (Phi) is 6.88. The number of hydrogen-bond donors (Lipinski definition) is 1. The normalized spacial score (nSPS) is 11.9. The van der Waals surface area contributed by atoms with Crippen molar-refractivity contribution >= 4 is 43.9 Å². The molecule has 4 aromatic rings. The molecule has 7 nitrogen and oxygen atoms in total. The second-order valence-corrected chi connectivity index (χ2v) is 10.0. The molecule has 0 spiro atoms. The molecule has 36 heavy (non-hydrogen) atoms. The largest absolute Gasteiger partial charge is 0.419 e. The molecule has 0 aliphatic heterocycles. The summed E-state index contributed by atoms with van der Waals surface area (Å²) in [5.74, 6) is -1.87. The molecule has 0 saturated heterocycles. The summed E-state index contributed by atoms with van der Waals surface area (Å²) in [6.45, 7) is 1.96. The van der Waals surface area contributed by atoms with Gasteiger partial charge < -0.3 is 5.32 Å². The molecule has 1 aromatic carbocycles. The van der Waals surface area contributed by atoms with Crippen LogP contribution >= 0.6 is 22.7 Å². The Morgan fingerprint density at radius 1 is 1.17 bits per heavy atom. The van der Waals surface area contributed by atoms with Gasteiger partial charge >= 0.3 is 11.9 Å². The van der Waals surface area contributed by atoms with Crippen molar-refractivity contribution in [2.24, 2.45) is 14.1 Å². The van der Waals surface area contributed by atoms with Gasteiger partial charge in [-0.05, 0) is 24.1 Å². The number of carbonyl (C=O) groups excluding carboxylic acids is 1. The Hall–Kier alpha value is -3.32. The number of anilines is 1.